The largest absolute Gasteiger partial charge is 0.298 e. The first-order valence-corrected chi connectivity index (χ1v) is 12.0. The van der Waals surface area contributed by atoms with Crippen LogP contribution in [-0.2, 0) is 19.9 Å². The van der Waals surface area contributed by atoms with Crippen molar-refractivity contribution in [3.05, 3.63) is 78.3 Å². The van der Waals surface area contributed by atoms with Crippen LogP contribution in [0.15, 0.2) is 72.0 Å². The van der Waals surface area contributed by atoms with Gasteiger partial charge in [-0.1, -0.05) is 36.4 Å². The third-order valence-corrected chi connectivity index (χ3v) is 6.78. The van der Waals surface area contributed by atoms with Crippen molar-refractivity contribution in [1.82, 2.24) is 8.96 Å². The Bertz CT molecular complexity index is 1280. The lowest BCUT2D eigenvalue weighted by Crippen LogP contribution is -2.16. The van der Waals surface area contributed by atoms with Crippen LogP contribution in [0.1, 0.15) is 15.9 Å². The van der Waals surface area contributed by atoms with Crippen LogP contribution in [0.5, 0.6) is 0 Å². The van der Waals surface area contributed by atoms with Crippen LogP contribution in [-0.4, -0.2) is 44.1 Å². The quantitative estimate of drug-likeness (QED) is 0.534. The van der Waals surface area contributed by atoms with Crippen molar-refractivity contribution >= 4 is 32.2 Å². The zero-order chi connectivity index (χ0) is 21.1. The molecule has 0 amide bonds. The summed E-state index contributed by atoms with van der Waals surface area (Å²) in [5, 5.41) is 0. The van der Waals surface area contributed by atoms with E-state index in [9.17, 15) is 21.6 Å². The monoisotopic (exact) mass is 430 g/mol. The number of hydrogen-bond acceptors (Lipinski definition) is 6. The van der Waals surface area contributed by atoms with Crippen molar-refractivity contribution in [3.8, 4) is 11.3 Å². The lowest BCUT2D eigenvalue weighted by atomic mass is 10.1. The zero-order valence-electron chi connectivity index (χ0n) is 15.5. The van der Waals surface area contributed by atoms with E-state index in [1.807, 2.05) is 0 Å². The fourth-order valence-electron chi connectivity index (χ4n) is 2.82. The number of rotatable bonds is 7. The van der Waals surface area contributed by atoms with Gasteiger partial charge in [-0.25, -0.2) is 20.8 Å². The number of pyridine rings is 1. The molecule has 9 heteroatoms. The molecule has 2 aromatic heterocycles. The van der Waals surface area contributed by atoms with Gasteiger partial charge in [0.2, 0.25) is 10.0 Å². The molecule has 0 bridgehead atoms. The van der Waals surface area contributed by atoms with Crippen LogP contribution in [0.4, 0.5) is 0 Å². The molecule has 7 nitrogen and oxygen atoms in total. The van der Waals surface area contributed by atoms with Gasteiger partial charge in [-0.15, -0.1) is 0 Å². The summed E-state index contributed by atoms with van der Waals surface area (Å²) in [6.45, 7) is 0. The predicted octanol–water partition coefficient (Wildman–Crippen LogP) is 2.66. The van der Waals surface area contributed by atoms with Crippen LogP contribution in [0.25, 0.3) is 17.3 Å². The first-order chi connectivity index (χ1) is 13.7. The first-order valence-electron chi connectivity index (χ1n) is 8.49. The topological polar surface area (TPSA) is 103 Å². The van der Waals surface area contributed by atoms with Gasteiger partial charge in [-0.2, -0.15) is 0 Å². The van der Waals surface area contributed by atoms with Gasteiger partial charge in [0.1, 0.15) is 0 Å². The van der Waals surface area contributed by atoms with Gasteiger partial charge < -0.3 is 0 Å². The summed E-state index contributed by atoms with van der Waals surface area (Å²) in [7, 11) is -7.52. The van der Waals surface area contributed by atoms with E-state index in [4.69, 9.17) is 0 Å². The Balaban J connectivity index is 2.07. The molecule has 0 aliphatic heterocycles. The summed E-state index contributed by atoms with van der Waals surface area (Å²) in [5.74, 6) is -0.344. The van der Waals surface area contributed by atoms with E-state index < -0.39 is 19.9 Å². The third kappa shape index (κ3) is 4.69. The highest BCUT2D eigenvalue weighted by molar-refractivity contribution is 7.91. The molecule has 0 atom stereocenters. The van der Waals surface area contributed by atoms with E-state index in [2.05, 4.69) is 4.98 Å². The summed E-state index contributed by atoms with van der Waals surface area (Å²) in [5.41, 5.74) is 1.19. The van der Waals surface area contributed by atoms with Gasteiger partial charge in [0.25, 0.3) is 0 Å². The highest BCUT2D eigenvalue weighted by Gasteiger charge is 2.22. The molecule has 0 saturated heterocycles. The van der Waals surface area contributed by atoms with E-state index in [1.54, 1.807) is 42.7 Å². The fraction of sp³-hybridized carbons (Fsp3) is 0.100. The molecule has 3 aromatic rings. The lowest BCUT2D eigenvalue weighted by molar-refractivity contribution is 0.112. The summed E-state index contributed by atoms with van der Waals surface area (Å²) in [6.07, 6.45) is 9.05. The van der Waals surface area contributed by atoms with Crippen molar-refractivity contribution in [2.24, 2.45) is 0 Å². The van der Waals surface area contributed by atoms with Gasteiger partial charge in [0, 0.05) is 36.0 Å². The second-order valence-electron chi connectivity index (χ2n) is 6.31. The van der Waals surface area contributed by atoms with Gasteiger partial charge in [-0.3, -0.25) is 9.78 Å². The van der Waals surface area contributed by atoms with Crippen molar-refractivity contribution in [2.45, 2.75) is 4.90 Å². The van der Waals surface area contributed by atoms with E-state index in [-0.39, 0.29) is 27.5 Å². The lowest BCUT2D eigenvalue weighted by Gasteiger charge is -2.12. The molecular weight excluding hydrogens is 412 g/mol. The van der Waals surface area contributed by atoms with Crippen LogP contribution in [0, 0.1) is 0 Å². The Morgan fingerprint density at radius 2 is 1.79 bits per heavy atom. The van der Waals surface area contributed by atoms with Gasteiger partial charge in [0.15, 0.2) is 16.1 Å². The van der Waals surface area contributed by atoms with Crippen LogP contribution in [0.2, 0.25) is 0 Å². The molecule has 0 spiro atoms. The Kier molecular flexibility index (Phi) is 5.81. The fourth-order valence-corrected chi connectivity index (χ4v) is 4.95. The van der Waals surface area contributed by atoms with Crippen LogP contribution < -0.4 is 0 Å². The molecule has 0 aliphatic rings. The molecule has 150 valence electrons. The average molecular weight is 431 g/mol. The first kappa shape index (κ1) is 20.7. The minimum absolute atomic E-state index is 0.0158. The van der Waals surface area contributed by atoms with Crippen molar-refractivity contribution in [3.63, 3.8) is 0 Å². The van der Waals surface area contributed by atoms with Crippen LogP contribution >= 0.6 is 0 Å². The maximum absolute atomic E-state index is 12.9. The highest BCUT2D eigenvalue weighted by Crippen LogP contribution is 2.30. The molecule has 0 unspecified atom stereocenters. The van der Waals surface area contributed by atoms with Crippen molar-refractivity contribution in [2.75, 3.05) is 12.0 Å². The number of nitrogens with zero attached hydrogens (tertiary/aromatic N) is 2. The molecule has 0 saturated carbocycles. The molecule has 29 heavy (non-hydrogen) atoms. The Morgan fingerprint density at radius 1 is 1.03 bits per heavy atom. The number of hydrogen-bond donors (Lipinski definition) is 0. The number of carbonyl (C=O) groups is 1. The third-order valence-electron chi connectivity index (χ3n) is 4.11. The number of carbonyl (C=O) groups excluding carboxylic acids is 1. The minimum Gasteiger partial charge on any atom is -0.298 e. The van der Waals surface area contributed by atoms with E-state index in [0.29, 0.717) is 6.29 Å². The van der Waals surface area contributed by atoms with Crippen molar-refractivity contribution < 1.29 is 21.6 Å². The zero-order valence-corrected chi connectivity index (χ0v) is 17.1. The molecule has 0 fully saturated rings. The highest BCUT2D eigenvalue weighted by atomic mass is 32.2. The maximum atomic E-state index is 12.9. The molecule has 0 N–H and O–H groups in total. The second kappa shape index (κ2) is 8.14. The van der Waals surface area contributed by atoms with Crippen LogP contribution in [0.3, 0.4) is 0 Å². The van der Waals surface area contributed by atoms with E-state index in [0.717, 1.165) is 15.8 Å². The number of benzene rings is 1. The molecule has 1 aromatic carbocycles. The molecule has 3 rings (SSSR count). The summed E-state index contributed by atoms with van der Waals surface area (Å²) < 4.78 is 51.1. The summed E-state index contributed by atoms with van der Waals surface area (Å²) in [6, 6.07) is 10.9. The Hall–Kier alpha value is -3.04. The van der Waals surface area contributed by atoms with Gasteiger partial charge in [0.05, 0.1) is 16.3 Å². The normalized spacial score (nSPS) is 12.3. The SMILES string of the molecule is CS(=O)(=O)c1ccccc1-c1cc(C=O)cn1S(=O)(=O)CC=Cc1cccnc1. The minimum atomic E-state index is -3.90. The second-order valence-corrected chi connectivity index (χ2v) is 10.2. The predicted molar refractivity (Wildman–Crippen MR) is 111 cm³/mol. The Labute approximate surface area is 169 Å². The molecular formula is C20H18N2O5S2. The van der Waals surface area contributed by atoms with Gasteiger partial charge >= 0.3 is 0 Å². The standard InChI is InChI=1S/C20H18N2O5S2/c1-28(24,25)20-9-3-2-8-18(20)19-12-17(15-23)14-22(19)29(26,27)11-5-7-16-6-4-10-21-13-16/h2-10,12-15H,11H2,1H3. The number of sulfone groups is 1. The summed E-state index contributed by atoms with van der Waals surface area (Å²) >= 11 is 0. The number of aldehydes is 1. The average Bonchev–Trinajstić information content (AvgIpc) is 3.13. The van der Waals surface area contributed by atoms with Crippen molar-refractivity contribution in [1.29, 1.82) is 0 Å². The molecule has 0 radical (unpaired) electrons. The molecule has 0 aliphatic carbocycles. The van der Waals surface area contributed by atoms with Gasteiger partial charge in [-0.05, 0) is 23.8 Å². The molecule has 2 heterocycles. The Morgan fingerprint density at radius 3 is 2.45 bits per heavy atom. The summed E-state index contributed by atoms with van der Waals surface area (Å²) in [4.78, 5) is 15.2. The van der Waals surface area contributed by atoms with E-state index in [1.165, 1.54) is 30.5 Å². The number of aromatic nitrogens is 2. The smallest absolute Gasteiger partial charge is 0.242 e. The maximum Gasteiger partial charge on any atom is 0.242 e. The van der Waals surface area contributed by atoms with E-state index >= 15 is 0 Å².